The summed E-state index contributed by atoms with van der Waals surface area (Å²) in [6.07, 6.45) is 5.08. The van der Waals surface area contributed by atoms with Crippen LogP contribution in [0.25, 0.3) is 0 Å². The maximum atomic E-state index is 6.46. The summed E-state index contributed by atoms with van der Waals surface area (Å²) in [7, 11) is 3.48. The van der Waals surface area contributed by atoms with Crippen LogP contribution < -0.4 is 0 Å². The molecule has 0 aliphatic rings. The van der Waals surface area contributed by atoms with Crippen LogP contribution in [0, 0.1) is 0 Å². The van der Waals surface area contributed by atoms with E-state index in [-0.39, 0.29) is 0 Å². The standard InChI is InChI=1S/C16H25ClO2/c1-4-14-11-13(7-5-9-18-2)12-15(16(14)17)8-6-10-19-3/h11-12H,4-10H2,1-3H3. The van der Waals surface area contributed by atoms with Gasteiger partial charge in [0, 0.05) is 32.5 Å². The lowest BCUT2D eigenvalue weighted by atomic mass is 9.98. The van der Waals surface area contributed by atoms with Crippen molar-refractivity contribution in [1.29, 1.82) is 0 Å². The second-order valence-corrected chi connectivity index (χ2v) is 5.15. The molecule has 0 spiro atoms. The van der Waals surface area contributed by atoms with Gasteiger partial charge in [0.05, 0.1) is 0 Å². The number of aryl methyl sites for hydroxylation is 3. The first-order chi connectivity index (χ1) is 9.22. The predicted octanol–water partition coefficient (Wildman–Crippen LogP) is 4.06. The lowest BCUT2D eigenvalue weighted by Gasteiger charge is -2.12. The molecule has 0 aliphatic heterocycles. The fraction of sp³-hybridized carbons (Fsp3) is 0.625. The first-order valence-electron chi connectivity index (χ1n) is 7.01. The fourth-order valence-corrected chi connectivity index (χ4v) is 2.57. The quantitative estimate of drug-likeness (QED) is 0.637. The smallest absolute Gasteiger partial charge is 0.0470 e. The van der Waals surface area contributed by atoms with Crippen molar-refractivity contribution in [3.05, 3.63) is 33.8 Å². The Balaban J connectivity index is 2.78. The first-order valence-corrected chi connectivity index (χ1v) is 7.38. The SMILES string of the molecule is CCc1cc(CCCOC)cc(CCCOC)c1Cl. The van der Waals surface area contributed by atoms with Crippen molar-refractivity contribution in [1.82, 2.24) is 0 Å². The highest BCUT2D eigenvalue weighted by atomic mass is 35.5. The Morgan fingerprint density at radius 1 is 0.947 bits per heavy atom. The molecular weight excluding hydrogens is 260 g/mol. The minimum Gasteiger partial charge on any atom is -0.385 e. The van der Waals surface area contributed by atoms with Crippen molar-refractivity contribution < 1.29 is 9.47 Å². The van der Waals surface area contributed by atoms with Gasteiger partial charge in [-0.15, -0.1) is 0 Å². The van der Waals surface area contributed by atoms with E-state index in [4.69, 9.17) is 21.1 Å². The van der Waals surface area contributed by atoms with Gasteiger partial charge >= 0.3 is 0 Å². The molecule has 0 unspecified atom stereocenters. The molecule has 108 valence electrons. The highest BCUT2D eigenvalue weighted by molar-refractivity contribution is 6.32. The molecule has 0 bridgehead atoms. The molecule has 3 heteroatoms. The van der Waals surface area contributed by atoms with Crippen molar-refractivity contribution >= 4 is 11.6 Å². The van der Waals surface area contributed by atoms with Gasteiger partial charge in [0.2, 0.25) is 0 Å². The minimum atomic E-state index is 0.783. The molecule has 0 amide bonds. The highest BCUT2D eigenvalue weighted by Gasteiger charge is 2.08. The molecule has 0 aromatic heterocycles. The van der Waals surface area contributed by atoms with Gasteiger partial charge in [-0.05, 0) is 48.8 Å². The second kappa shape index (κ2) is 9.35. The molecule has 0 N–H and O–H groups in total. The van der Waals surface area contributed by atoms with Gasteiger partial charge in [0.25, 0.3) is 0 Å². The van der Waals surface area contributed by atoms with Crippen LogP contribution in [0.3, 0.4) is 0 Å². The number of hydrogen-bond donors (Lipinski definition) is 0. The van der Waals surface area contributed by atoms with Crippen LogP contribution in [-0.2, 0) is 28.7 Å². The number of methoxy groups -OCH3 is 2. The second-order valence-electron chi connectivity index (χ2n) is 4.77. The summed E-state index contributed by atoms with van der Waals surface area (Å²) >= 11 is 6.46. The van der Waals surface area contributed by atoms with Crippen molar-refractivity contribution in [2.45, 2.75) is 39.0 Å². The lowest BCUT2D eigenvalue weighted by Crippen LogP contribution is -2.00. The number of hydrogen-bond acceptors (Lipinski definition) is 2. The van der Waals surface area contributed by atoms with Crippen LogP contribution in [0.4, 0.5) is 0 Å². The highest BCUT2D eigenvalue weighted by Crippen LogP contribution is 2.26. The molecule has 0 atom stereocenters. The Bertz CT molecular complexity index is 377. The summed E-state index contributed by atoms with van der Waals surface area (Å²) in [4.78, 5) is 0. The molecule has 0 fully saturated rings. The zero-order chi connectivity index (χ0) is 14.1. The normalized spacial score (nSPS) is 10.9. The molecule has 0 heterocycles. The number of ether oxygens (including phenoxy) is 2. The van der Waals surface area contributed by atoms with Gasteiger partial charge in [-0.25, -0.2) is 0 Å². The van der Waals surface area contributed by atoms with Gasteiger partial charge in [-0.3, -0.25) is 0 Å². The molecular formula is C16H25ClO2. The minimum absolute atomic E-state index is 0.783. The van der Waals surface area contributed by atoms with E-state index in [2.05, 4.69) is 19.1 Å². The summed E-state index contributed by atoms with van der Waals surface area (Å²) in [5, 5.41) is 0.939. The Kier molecular flexibility index (Phi) is 8.11. The van der Waals surface area contributed by atoms with Crippen LogP contribution in [0.15, 0.2) is 12.1 Å². The Hall–Kier alpha value is -0.570. The molecule has 0 aliphatic carbocycles. The Morgan fingerprint density at radius 2 is 1.53 bits per heavy atom. The fourth-order valence-electron chi connectivity index (χ4n) is 2.23. The summed E-state index contributed by atoms with van der Waals surface area (Å²) < 4.78 is 10.2. The lowest BCUT2D eigenvalue weighted by molar-refractivity contribution is 0.195. The third-order valence-corrected chi connectivity index (χ3v) is 3.76. The van der Waals surface area contributed by atoms with E-state index in [1.54, 1.807) is 14.2 Å². The summed E-state index contributed by atoms with van der Waals surface area (Å²) in [6, 6.07) is 4.48. The van der Waals surface area contributed by atoms with E-state index in [1.165, 1.54) is 16.7 Å². The molecule has 0 saturated carbocycles. The van der Waals surface area contributed by atoms with E-state index in [9.17, 15) is 0 Å². The third kappa shape index (κ3) is 5.52. The summed E-state index contributed by atoms with van der Waals surface area (Å²) in [5.74, 6) is 0. The van der Waals surface area contributed by atoms with Gasteiger partial charge in [0.1, 0.15) is 0 Å². The summed E-state index contributed by atoms with van der Waals surface area (Å²) in [5.41, 5.74) is 3.88. The zero-order valence-corrected chi connectivity index (χ0v) is 13.1. The zero-order valence-electron chi connectivity index (χ0n) is 12.3. The van der Waals surface area contributed by atoms with Crippen molar-refractivity contribution in [2.24, 2.45) is 0 Å². The van der Waals surface area contributed by atoms with Crippen LogP contribution in [0.5, 0.6) is 0 Å². The van der Waals surface area contributed by atoms with E-state index in [0.29, 0.717) is 0 Å². The number of halogens is 1. The topological polar surface area (TPSA) is 18.5 Å². The first kappa shape index (κ1) is 16.5. The predicted molar refractivity (Wildman–Crippen MR) is 81.2 cm³/mol. The molecule has 0 saturated heterocycles. The van der Waals surface area contributed by atoms with Crippen LogP contribution in [0.1, 0.15) is 36.5 Å². The molecule has 1 aromatic carbocycles. The van der Waals surface area contributed by atoms with E-state index in [1.807, 2.05) is 0 Å². The number of benzene rings is 1. The van der Waals surface area contributed by atoms with Gasteiger partial charge < -0.3 is 9.47 Å². The molecule has 19 heavy (non-hydrogen) atoms. The van der Waals surface area contributed by atoms with Crippen LogP contribution >= 0.6 is 11.6 Å². The Morgan fingerprint density at radius 3 is 2.11 bits per heavy atom. The van der Waals surface area contributed by atoms with E-state index in [0.717, 1.165) is 50.3 Å². The summed E-state index contributed by atoms with van der Waals surface area (Å²) in [6.45, 7) is 3.74. The van der Waals surface area contributed by atoms with E-state index < -0.39 is 0 Å². The molecule has 0 radical (unpaired) electrons. The Labute approximate surface area is 122 Å². The van der Waals surface area contributed by atoms with Crippen LogP contribution in [-0.4, -0.2) is 27.4 Å². The largest absolute Gasteiger partial charge is 0.385 e. The molecule has 2 nitrogen and oxygen atoms in total. The number of rotatable bonds is 9. The maximum Gasteiger partial charge on any atom is 0.0470 e. The van der Waals surface area contributed by atoms with E-state index >= 15 is 0 Å². The van der Waals surface area contributed by atoms with Gasteiger partial charge in [-0.2, -0.15) is 0 Å². The van der Waals surface area contributed by atoms with Crippen molar-refractivity contribution in [3.8, 4) is 0 Å². The van der Waals surface area contributed by atoms with Crippen molar-refractivity contribution in [3.63, 3.8) is 0 Å². The van der Waals surface area contributed by atoms with Gasteiger partial charge in [-0.1, -0.05) is 30.7 Å². The third-order valence-electron chi connectivity index (χ3n) is 3.27. The molecule has 1 aromatic rings. The van der Waals surface area contributed by atoms with Gasteiger partial charge in [0.15, 0.2) is 0 Å². The molecule has 1 rings (SSSR count). The van der Waals surface area contributed by atoms with Crippen LogP contribution in [0.2, 0.25) is 5.02 Å². The monoisotopic (exact) mass is 284 g/mol. The van der Waals surface area contributed by atoms with Crippen molar-refractivity contribution in [2.75, 3.05) is 27.4 Å². The maximum absolute atomic E-state index is 6.46. The average Bonchev–Trinajstić information content (AvgIpc) is 2.42. The average molecular weight is 285 g/mol.